The minimum Gasteiger partial charge on any atom is -0.375 e. The van der Waals surface area contributed by atoms with Crippen LogP contribution in [0.3, 0.4) is 0 Å². The zero-order valence-electron chi connectivity index (χ0n) is 7.65. The second-order valence-electron chi connectivity index (χ2n) is 5.01. The van der Waals surface area contributed by atoms with Gasteiger partial charge in [-0.2, -0.15) is 0 Å². The van der Waals surface area contributed by atoms with Gasteiger partial charge in [-0.1, -0.05) is 13.8 Å². The van der Waals surface area contributed by atoms with Crippen molar-refractivity contribution in [2.75, 3.05) is 6.61 Å². The third-order valence-electron chi connectivity index (χ3n) is 3.04. The molecule has 2 aliphatic rings. The maximum Gasteiger partial charge on any atom is 0.0692 e. The molecule has 1 aliphatic carbocycles. The van der Waals surface area contributed by atoms with Gasteiger partial charge in [0.2, 0.25) is 0 Å². The van der Waals surface area contributed by atoms with Crippen LogP contribution in [-0.4, -0.2) is 12.2 Å². The van der Waals surface area contributed by atoms with E-state index in [-0.39, 0.29) is 0 Å². The lowest BCUT2D eigenvalue weighted by Crippen LogP contribution is -2.52. The summed E-state index contributed by atoms with van der Waals surface area (Å²) in [5.74, 6) is 0. The first-order chi connectivity index (χ1) is 5.12. The Morgan fingerprint density at radius 2 is 1.82 bits per heavy atom. The molecule has 1 aliphatic heterocycles. The molecule has 1 heteroatoms. The number of ether oxygens (including phenoxy) is 1. The lowest BCUT2D eigenvalue weighted by molar-refractivity contribution is -0.179. The summed E-state index contributed by atoms with van der Waals surface area (Å²) in [5.41, 5.74) is 0.902. The highest BCUT2D eigenvalue weighted by atomic mass is 16.5. The van der Waals surface area contributed by atoms with Gasteiger partial charge in [0.25, 0.3) is 0 Å². The van der Waals surface area contributed by atoms with E-state index in [0.717, 1.165) is 6.61 Å². The van der Waals surface area contributed by atoms with Crippen LogP contribution >= 0.6 is 0 Å². The van der Waals surface area contributed by atoms with Crippen LogP contribution in [0.25, 0.3) is 0 Å². The van der Waals surface area contributed by atoms with E-state index in [1.54, 1.807) is 0 Å². The molecule has 2 fully saturated rings. The van der Waals surface area contributed by atoms with Gasteiger partial charge in [0, 0.05) is 6.61 Å². The minimum atomic E-state index is 0.335. The van der Waals surface area contributed by atoms with Crippen molar-refractivity contribution in [2.45, 2.75) is 51.6 Å². The highest BCUT2D eigenvalue weighted by Crippen LogP contribution is 2.53. The second-order valence-corrected chi connectivity index (χ2v) is 5.01. The van der Waals surface area contributed by atoms with Crippen molar-refractivity contribution in [3.05, 3.63) is 0 Å². The van der Waals surface area contributed by atoms with E-state index >= 15 is 0 Å². The molecule has 1 saturated heterocycles. The first-order valence-corrected chi connectivity index (χ1v) is 4.76. The monoisotopic (exact) mass is 154 g/mol. The van der Waals surface area contributed by atoms with Crippen LogP contribution in [0.1, 0.15) is 46.0 Å². The van der Waals surface area contributed by atoms with Gasteiger partial charge in [-0.25, -0.2) is 0 Å². The molecule has 0 N–H and O–H groups in total. The fourth-order valence-corrected chi connectivity index (χ4v) is 2.88. The van der Waals surface area contributed by atoms with Crippen molar-refractivity contribution in [1.29, 1.82) is 0 Å². The maximum atomic E-state index is 5.84. The Hall–Kier alpha value is -0.0400. The van der Waals surface area contributed by atoms with Gasteiger partial charge in [0.1, 0.15) is 0 Å². The Morgan fingerprint density at radius 3 is 2.27 bits per heavy atom. The smallest absolute Gasteiger partial charge is 0.0692 e. The molecule has 1 nitrogen and oxygen atoms in total. The van der Waals surface area contributed by atoms with E-state index in [4.69, 9.17) is 4.74 Å². The van der Waals surface area contributed by atoms with E-state index in [1.165, 1.54) is 32.1 Å². The molecule has 0 radical (unpaired) electrons. The van der Waals surface area contributed by atoms with Crippen molar-refractivity contribution in [3.8, 4) is 0 Å². The Bertz CT molecular complexity index is 144. The molecule has 0 aromatic rings. The number of rotatable bonds is 0. The summed E-state index contributed by atoms with van der Waals surface area (Å²) < 4.78 is 5.84. The summed E-state index contributed by atoms with van der Waals surface area (Å²) in [5, 5.41) is 0. The highest BCUT2D eigenvalue weighted by molar-refractivity contribution is 5.01. The van der Waals surface area contributed by atoms with E-state index in [9.17, 15) is 0 Å². The molecule has 0 unspecified atom stereocenters. The molecule has 0 aromatic carbocycles. The number of hydrogen-bond donors (Lipinski definition) is 0. The Kier molecular flexibility index (Phi) is 1.54. The molecule has 1 saturated carbocycles. The predicted octanol–water partition coefficient (Wildman–Crippen LogP) is 2.75. The average Bonchev–Trinajstić information content (AvgIpc) is 1.85. The summed E-state index contributed by atoms with van der Waals surface area (Å²) in [6, 6.07) is 0. The van der Waals surface area contributed by atoms with Gasteiger partial charge in [-0.3, -0.25) is 0 Å². The Labute approximate surface area is 69.1 Å². The summed E-state index contributed by atoms with van der Waals surface area (Å²) >= 11 is 0. The second kappa shape index (κ2) is 2.22. The standard InChI is InChI=1S/C10H18O/c1-9(2)7-10(8-9)5-3-4-6-11-10/h3-8H2,1-2H3. The molecule has 0 aromatic heterocycles. The molecule has 0 amide bonds. The molecule has 2 rings (SSSR count). The quantitative estimate of drug-likeness (QED) is 0.521. The third kappa shape index (κ3) is 1.31. The van der Waals surface area contributed by atoms with E-state index < -0.39 is 0 Å². The topological polar surface area (TPSA) is 9.23 Å². The molecule has 64 valence electrons. The summed E-state index contributed by atoms with van der Waals surface area (Å²) in [6.45, 7) is 5.70. The van der Waals surface area contributed by atoms with Crippen LogP contribution in [0.5, 0.6) is 0 Å². The van der Waals surface area contributed by atoms with Gasteiger partial charge in [-0.05, 0) is 37.5 Å². The zero-order valence-corrected chi connectivity index (χ0v) is 7.65. The summed E-state index contributed by atoms with van der Waals surface area (Å²) in [4.78, 5) is 0. The SMILES string of the molecule is CC1(C)CC2(CCCCO2)C1. The molecule has 0 bridgehead atoms. The number of hydrogen-bond acceptors (Lipinski definition) is 1. The lowest BCUT2D eigenvalue weighted by atomic mass is 9.59. The molecular weight excluding hydrogens is 136 g/mol. The molecule has 1 spiro atoms. The van der Waals surface area contributed by atoms with Crippen molar-refractivity contribution in [3.63, 3.8) is 0 Å². The van der Waals surface area contributed by atoms with Crippen LogP contribution < -0.4 is 0 Å². The normalized spacial score (nSPS) is 33.3. The van der Waals surface area contributed by atoms with E-state index in [2.05, 4.69) is 13.8 Å². The van der Waals surface area contributed by atoms with Crippen molar-refractivity contribution < 1.29 is 4.74 Å². The first kappa shape index (κ1) is 7.60. The molecule has 1 heterocycles. The largest absolute Gasteiger partial charge is 0.375 e. The Morgan fingerprint density at radius 1 is 1.09 bits per heavy atom. The molecule has 0 atom stereocenters. The maximum absolute atomic E-state index is 5.84. The fraction of sp³-hybridized carbons (Fsp3) is 1.00. The summed E-state index contributed by atoms with van der Waals surface area (Å²) in [7, 11) is 0. The van der Waals surface area contributed by atoms with Crippen molar-refractivity contribution >= 4 is 0 Å². The Balaban J connectivity index is 1.94. The highest BCUT2D eigenvalue weighted by Gasteiger charge is 2.50. The van der Waals surface area contributed by atoms with Crippen LogP contribution in [0.2, 0.25) is 0 Å². The summed E-state index contributed by atoms with van der Waals surface area (Å²) in [6.07, 6.45) is 6.56. The lowest BCUT2D eigenvalue weighted by Gasteiger charge is -2.54. The van der Waals surface area contributed by atoms with Crippen molar-refractivity contribution in [1.82, 2.24) is 0 Å². The zero-order chi connectivity index (χ0) is 7.95. The van der Waals surface area contributed by atoms with E-state index in [1.807, 2.05) is 0 Å². The van der Waals surface area contributed by atoms with Crippen molar-refractivity contribution in [2.24, 2.45) is 5.41 Å². The average molecular weight is 154 g/mol. The van der Waals surface area contributed by atoms with Gasteiger partial charge >= 0.3 is 0 Å². The van der Waals surface area contributed by atoms with Gasteiger partial charge in [-0.15, -0.1) is 0 Å². The van der Waals surface area contributed by atoms with Crippen LogP contribution in [0, 0.1) is 5.41 Å². The first-order valence-electron chi connectivity index (χ1n) is 4.76. The van der Waals surface area contributed by atoms with Crippen LogP contribution in [0.4, 0.5) is 0 Å². The van der Waals surface area contributed by atoms with E-state index in [0.29, 0.717) is 11.0 Å². The molecule has 11 heavy (non-hydrogen) atoms. The predicted molar refractivity (Wildman–Crippen MR) is 45.5 cm³/mol. The van der Waals surface area contributed by atoms with Gasteiger partial charge < -0.3 is 4.74 Å². The minimum absolute atomic E-state index is 0.335. The van der Waals surface area contributed by atoms with Crippen LogP contribution in [-0.2, 0) is 4.74 Å². The fourth-order valence-electron chi connectivity index (χ4n) is 2.88. The van der Waals surface area contributed by atoms with Crippen LogP contribution in [0.15, 0.2) is 0 Å². The molecular formula is C10H18O. The third-order valence-corrected chi connectivity index (χ3v) is 3.04. The van der Waals surface area contributed by atoms with Gasteiger partial charge in [0.15, 0.2) is 0 Å². The van der Waals surface area contributed by atoms with Gasteiger partial charge in [0.05, 0.1) is 5.60 Å².